The lowest BCUT2D eigenvalue weighted by Gasteiger charge is -2.42. The molecule has 102 valence electrons. The monoisotopic (exact) mass is 243 g/mol. The van der Waals surface area contributed by atoms with Crippen LogP contribution in [0.4, 0.5) is 0 Å². The summed E-state index contributed by atoms with van der Waals surface area (Å²) >= 11 is 0. The molecule has 1 rings (SSSR count). The number of rotatable bonds is 7. The Bertz CT molecular complexity index is 206. The summed E-state index contributed by atoms with van der Waals surface area (Å²) in [4.78, 5) is 2.44. The topological polar surface area (TPSA) is 32.7 Å². The second-order valence-corrected chi connectivity index (χ2v) is 5.83. The predicted octanol–water partition coefficient (Wildman–Crippen LogP) is 2.43. The third-order valence-electron chi connectivity index (χ3n) is 3.33. The molecule has 1 aliphatic rings. The van der Waals surface area contributed by atoms with Crippen LogP contribution in [-0.2, 0) is 4.74 Å². The maximum Gasteiger partial charge on any atom is 0.0940 e. The van der Waals surface area contributed by atoms with Gasteiger partial charge in [0.25, 0.3) is 0 Å². The van der Waals surface area contributed by atoms with Gasteiger partial charge in [-0.25, -0.2) is 0 Å². The standard InChI is InChI=1S/C14H29NO2/c1-4-5-6-7-8-9-15-10-13(11-16)17-14(2,3)12-15/h13,16H,4-12H2,1-3H3. The molecular weight excluding hydrogens is 214 g/mol. The lowest BCUT2D eigenvalue weighted by Crippen LogP contribution is -2.53. The average molecular weight is 243 g/mol. The molecule has 1 saturated heterocycles. The summed E-state index contributed by atoms with van der Waals surface area (Å²) in [6, 6.07) is 0. The molecule has 0 aromatic carbocycles. The first kappa shape index (κ1) is 14.9. The summed E-state index contributed by atoms with van der Waals surface area (Å²) in [5.74, 6) is 0. The van der Waals surface area contributed by atoms with Crippen LogP contribution in [0.3, 0.4) is 0 Å². The summed E-state index contributed by atoms with van der Waals surface area (Å²) in [6.07, 6.45) is 6.61. The predicted molar refractivity (Wildman–Crippen MR) is 71.2 cm³/mol. The average Bonchev–Trinajstić information content (AvgIpc) is 2.26. The lowest BCUT2D eigenvalue weighted by molar-refractivity contribution is -0.148. The van der Waals surface area contributed by atoms with Gasteiger partial charge in [0.15, 0.2) is 0 Å². The molecule has 17 heavy (non-hydrogen) atoms. The second kappa shape index (κ2) is 7.34. The van der Waals surface area contributed by atoms with E-state index in [2.05, 4.69) is 25.7 Å². The maximum absolute atomic E-state index is 9.23. The van der Waals surface area contributed by atoms with E-state index in [1.54, 1.807) is 0 Å². The number of aliphatic hydroxyl groups excluding tert-OH is 1. The largest absolute Gasteiger partial charge is 0.394 e. The minimum Gasteiger partial charge on any atom is -0.394 e. The summed E-state index contributed by atoms with van der Waals surface area (Å²) < 4.78 is 5.81. The highest BCUT2D eigenvalue weighted by Gasteiger charge is 2.32. The van der Waals surface area contributed by atoms with Crippen molar-refractivity contribution in [3.63, 3.8) is 0 Å². The van der Waals surface area contributed by atoms with Crippen LogP contribution in [0.15, 0.2) is 0 Å². The molecule has 0 bridgehead atoms. The van der Waals surface area contributed by atoms with Crippen molar-refractivity contribution in [2.24, 2.45) is 0 Å². The van der Waals surface area contributed by atoms with Gasteiger partial charge in [0.2, 0.25) is 0 Å². The van der Waals surface area contributed by atoms with Crippen LogP contribution in [-0.4, -0.2) is 48.0 Å². The van der Waals surface area contributed by atoms with Crippen molar-refractivity contribution in [1.82, 2.24) is 4.90 Å². The van der Waals surface area contributed by atoms with Crippen LogP contribution < -0.4 is 0 Å². The third kappa shape index (κ3) is 5.84. The Balaban J connectivity index is 2.23. The molecule has 1 atom stereocenters. The molecule has 0 saturated carbocycles. The Kier molecular flexibility index (Phi) is 6.45. The Labute approximate surface area is 106 Å². The summed E-state index contributed by atoms with van der Waals surface area (Å²) in [6.45, 7) is 9.61. The van der Waals surface area contributed by atoms with Crippen molar-refractivity contribution in [3.05, 3.63) is 0 Å². The minimum absolute atomic E-state index is 0.00519. The molecule has 3 nitrogen and oxygen atoms in total. The van der Waals surface area contributed by atoms with E-state index < -0.39 is 0 Å². The van der Waals surface area contributed by atoms with Crippen LogP contribution in [0, 0.1) is 0 Å². The van der Waals surface area contributed by atoms with Crippen molar-refractivity contribution in [2.75, 3.05) is 26.2 Å². The highest BCUT2D eigenvalue weighted by Crippen LogP contribution is 2.21. The molecule has 0 aromatic heterocycles. The van der Waals surface area contributed by atoms with E-state index in [9.17, 15) is 5.11 Å². The Morgan fingerprint density at radius 2 is 1.94 bits per heavy atom. The van der Waals surface area contributed by atoms with Crippen LogP contribution in [0.25, 0.3) is 0 Å². The van der Waals surface area contributed by atoms with Gasteiger partial charge in [0, 0.05) is 13.1 Å². The van der Waals surface area contributed by atoms with E-state index in [1.807, 2.05) is 0 Å². The molecule has 3 heteroatoms. The number of aliphatic hydroxyl groups is 1. The van der Waals surface area contributed by atoms with Gasteiger partial charge in [-0.1, -0.05) is 32.6 Å². The van der Waals surface area contributed by atoms with Gasteiger partial charge < -0.3 is 9.84 Å². The van der Waals surface area contributed by atoms with E-state index in [1.165, 1.54) is 32.1 Å². The van der Waals surface area contributed by atoms with Crippen molar-refractivity contribution < 1.29 is 9.84 Å². The van der Waals surface area contributed by atoms with Crippen molar-refractivity contribution in [1.29, 1.82) is 0 Å². The fourth-order valence-corrected chi connectivity index (χ4v) is 2.62. The van der Waals surface area contributed by atoms with Gasteiger partial charge in [0.1, 0.15) is 0 Å². The van der Waals surface area contributed by atoms with Crippen molar-refractivity contribution in [2.45, 2.75) is 64.6 Å². The van der Waals surface area contributed by atoms with Crippen molar-refractivity contribution in [3.8, 4) is 0 Å². The fourth-order valence-electron chi connectivity index (χ4n) is 2.62. The Morgan fingerprint density at radius 3 is 2.59 bits per heavy atom. The highest BCUT2D eigenvalue weighted by molar-refractivity contribution is 4.83. The first-order valence-electron chi connectivity index (χ1n) is 7.08. The van der Waals surface area contributed by atoms with Gasteiger partial charge in [-0.15, -0.1) is 0 Å². The molecule has 1 fully saturated rings. The number of hydrogen-bond acceptors (Lipinski definition) is 3. The second-order valence-electron chi connectivity index (χ2n) is 5.83. The van der Waals surface area contributed by atoms with Gasteiger partial charge in [-0.3, -0.25) is 4.90 Å². The zero-order chi connectivity index (χ0) is 12.7. The lowest BCUT2D eigenvalue weighted by atomic mass is 10.0. The normalized spacial score (nSPS) is 25.1. The highest BCUT2D eigenvalue weighted by atomic mass is 16.5. The Morgan fingerprint density at radius 1 is 1.24 bits per heavy atom. The zero-order valence-electron chi connectivity index (χ0n) is 11.7. The van der Waals surface area contributed by atoms with Gasteiger partial charge in [0.05, 0.1) is 18.3 Å². The van der Waals surface area contributed by atoms with Crippen LogP contribution in [0.2, 0.25) is 0 Å². The minimum atomic E-state index is -0.116. The van der Waals surface area contributed by atoms with Gasteiger partial charge in [-0.05, 0) is 26.8 Å². The third-order valence-corrected chi connectivity index (χ3v) is 3.33. The zero-order valence-corrected chi connectivity index (χ0v) is 11.7. The van der Waals surface area contributed by atoms with Gasteiger partial charge >= 0.3 is 0 Å². The number of nitrogens with zero attached hydrogens (tertiary/aromatic N) is 1. The molecule has 1 N–H and O–H groups in total. The molecule has 1 unspecified atom stereocenters. The van der Waals surface area contributed by atoms with E-state index in [4.69, 9.17) is 4.74 Å². The van der Waals surface area contributed by atoms with E-state index in [0.717, 1.165) is 19.6 Å². The van der Waals surface area contributed by atoms with Crippen LogP contribution in [0.1, 0.15) is 52.9 Å². The van der Waals surface area contributed by atoms with Crippen LogP contribution in [0.5, 0.6) is 0 Å². The molecule has 0 radical (unpaired) electrons. The molecule has 0 spiro atoms. The maximum atomic E-state index is 9.23. The van der Waals surface area contributed by atoms with Crippen LogP contribution >= 0.6 is 0 Å². The molecule has 0 aromatic rings. The van der Waals surface area contributed by atoms with E-state index >= 15 is 0 Å². The summed E-state index contributed by atoms with van der Waals surface area (Å²) in [7, 11) is 0. The van der Waals surface area contributed by atoms with E-state index in [-0.39, 0.29) is 18.3 Å². The molecule has 0 amide bonds. The molecule has 1 aliphatic heterocycles. The first-order chi connectivity index (χ1) is 8.07. The number of unbranched alkanes of at least 4 members (excludes halogenated alkanes) is 4. The number of hydrogen-bond donors (Lipinski definition) is 1. The fraction of sp³-hybridized carbons (Fsp3) is 1.00. The summed E-state index contributed by atoms with van der Waals surface area (Å²) in [5.41, 5.74) is -0.116. The summed E-state index contributed by atoms with van der Waals surface area (Å²) in [5, 5.41) is 9.23. The Hall–Kier alpha value is -0.120. The van der Waals surface area contributed by atoms with Crippen molar-refractivity contribution >= 4 is 0 Å². The molecular formula is C14H29NO2. The number of morpholine rings is 1. The quantitative estimate of drug-likeness (QED) is 0.697. The molecule has 0 aliphatic carbocycles. The SMILES string of the molecule is CCCCCCCN1CC(CO)OC(C)(C)C1. The van der Waals surface area contributed by atoms with Gasteiger partial charge in [-0.2, -0.15) is 0 Å². The van der Waals surface area contributed by atoms with E-state index in [0.29, 0.717) is 0 Å². The first-order valence-corrected chi connectivity index (χ1v) is 7.08. The molecule has 1 heterocycles. The number of ether oxygens (including phenoxy) is 1. The smallest absolute Gasteiger partial charge is 0.0940 e.